The van der Waals surface area contributed by atoms with Crippen molar-refractivity contribution in [3.63, 3.8) is 0 Å². The smallest absolute Gasteiger partial charge is 0.156 e. The number of rotatable bonds is 5. The first-order valence-electron chi connectivity index (χ1n) is 8.39. The van der Waals surface area contributed by atoms with Gasteiger partial charge in [0, 0.05) is 29.9 Å². The van der Waals surface area contributed by atoms with Gasteiger partial charge in [0.2, 0.25) is 0 Å². The molecule has 6 heteroatoms. The molecule has 126 valence electrons. The van der Waals surface area contributed by atoms with Crippen molar-refractivity contribution in [1.82, 2.24) is 14.7 Å². The van der Waals surface area contributed by atoms with E-state index in [0.29, 0.717) is 12.5 Å². The summed E-state index contributed by atoms with van der Waals surface area (Å²) in [6.07, 6.45) is 6.34. The molecule has 1 atom stereocenters. The lowest BCUT2D eigenvalue weighted by atomic mass is 10.1. The maximum atomic E-state index is 5.78. The third-order valence-corrected chi connectivity index (χ3v) is 5.48. The quantitative estimate of drug-likeness (QED) is 0.678. The predicted molar refractivity (Wildman–Crippen MR) is 93.2 cm³/mol. The van der Waals surface area contributed by atoms with Gasteiger partial charge in [0.1, 0.15) is 5.82 Å². The Bertz CT molecular complexity index is 812. The maximum absolute atomic E-state index is 5.78. The van der Waals surface area contributed by atoms with Gasteiger partial charge in [0.05, 0.1) is 23.2 Å². The second-order valence-corrected chi connectivity index (χ2v) is 7.57. The molecule has 0 bridgehead atoms. The summed E-state index contributed by atoms with van der Waals surface area (Å²) in [6.45, 7) is 5.74. The van der Waals surface area contributed by atoms with Crippen LogP contribution in [-0.2, 0) is 11.3 Å². The first-order valence-corrected chi connectivity index (χ1v) is 9.20. The van der Waals surface area contributed by atoms with Crippen molar-refractivity contribution < 1.29 is 9.26 Å². The maximum Gasteiger partial charge on any atom is 0.156 e. The molecule has 1 saturated heterocycles. The highest BCUT2D eigenvalue weighted by atomic mass is 32.1. The van der Waals surface area contributed by atoms with Gasteiger partial charge in [-0.25, -0.2) is 4.98 Å². The molecular formula is C18H21N3O2S. The van der Waals surface area contributed by atoms with Gasteiger partial charge in [-0.05, 0) is 30.9 Å². The van der Waals surface area contributed by atoms with Crippen LogP contribution in [0.4, 0.5) is 0 Å². The van der Waals surface area contributed by atoms with Gasteiger partial charge in [-0.3, -0.25) is 0 Å². The van der Waals surface area contributed by atoms with E-state index in [9.17, 15) is 0 Å². The summed E-state index contributed by atoms with van der Waals surface area (Å²) in [6, 6.07) is 6.33. The van der Waals surface area contributed by atoms with E-state index in [1.807, 2.05) is 18.5 Å². The van der Waals surface area contributed by atoms with Crippen molar-refractivity contribution in [3.05, 3.63) is 46.9 Å². The van der Waals surface area contributed by atoms with Crippen LogP contribution >= 0.6 is 11.3 Å². The van der Waals surface area contributed by atoms with E-state index >= 15 is 0 Å². The molecule has 4 heterocycles. The highest BCUT2D eigenvalue weighted by Crippen LogP contribution is 2.36. The van der Waals surface area contributed by atoms with Crippen molar-refractivity contribution in [2.75, 3.05) is 6.61 Å². The fraction of sp³-hybridized carbons (Fsp3) is 0.444. The molecule has 3 aromatic rings. The summed E-state index contributed by atoms with van der Waals surface area (Å²) < 4.78 is 13.3. The van der Waals surface area contributed by atoms with Gasteiger partial charge in [-0.2, -0.15) is 0 Å². The summed E-state index contributed by atoms with van der Waals surface area (Å²) in [7, 11) is 0. The first kappa shape index (κ1) is 15.6. The zero-order valence-corrected chi connectivity index (χ0v) is 14.8. The van der Waals surface area contributed by atoms with E-state index in [-0.39, 0.29) is 6.10 Å². The number of ether oxygens (including phenoxy) is 1. The third kappa shape index (κ3) is 3.03. The fourth-order valence-electron chi connectivity index (χ4n) is 2.95. The van der Waals surface area contributed by atoms with Crippen LogP contribution in [0, 0.1) is 0 Å². The number of hydrogen-bond donors (Lipinski definition) is 0. The molecule has 0 aromatic carbocycles. The molecule has 1 aliphatic rings. The first-order chi connectivity index (χ1) is 11.7. The van der Waals surface area contributed by atoms with E-state index < -0.39 is 0 Å². The van der Waals surface area contributed by atoms with Crippen LogP contribution in [0.3, 0.4) is 0 Å². The summed E-state index contributed by atoms with van der Waals surface area (Å²) in [5.74, 6) is 2.19. The normalized spacial score (nSPS) is 17.9. The van der Waals surface area contributed by atoms with Crippen molar-refractivity contribution in [2.24, 2.45) is 0 Å². The van der Waals surface area contributed by atoms with E-state index in [1.165, 1.54) is 4.88 Å². The Labute approximate surface area is 145 Å². The lowest BCUT2D eigenvalue weighted by Crippen LogP contribution is -1.99. The molecule has 1 fully saturated rings. The average molecular weight is 343 g/mol. The Hall–Kier alpha value is -1.92. The zero-order chi connectivity index (χ0) is 16.5. The van der Waals surface area contributed by atoms with Gasteiger partial charge >= 0.3 is 0 Å². The van der Waals surface area contributed by atoms with Crippen LogP contribution in [-0.4, -0.2) is 21.3 Å². The summed E-state index contributed by atoms with van der Waals surface area (Å²) in [4.78, 5) is 6.99. The Morgan fingerprint density at radius 1 is 1.38 bits per heavy atom. The van der Waals surface area contributed by atoms with Crippen molar-refractivity contribution >= 4 is 11.3 Å². The summed E-state index contributed by atoms with van der Waals surface area (Å²) in [5, 5.41) is 4.13. The second-order valence-electron chi connectivity index (χ2n) is 6.46. The van der Waals surface area contributed by atoms with Crippen LogP contribution in [0.2, 0.25) is 0 Å². The third-order valence-electron chi connectivity index (χ3n) is 4.30. The molecule has 1 aliphatic heterocycles. The Balaban J connectivity index is 1.55. The number of aromatic nitrogens is 3. The molecule has 4 rings (SSSR count). The van der Waals surface area contributed by atoms with Gasteiger partial charge in [0.25, 0.3) is 0 Å². The van der Waals surface area contributed by atoms with E-state index in [4.69, 9.17) is 9.26 Å². The van der Waals surface area contributed by atoms with Crippen molar-refractivity contribution in [3.8, 4) is 10.7 Å². The van der Waals surface area contributed by atoms with E-state index in [0.717, 1.165) is 41.6 Å². The van der Waals surface area contributed by atoms with Crippen LogP contribution in [0.15, 0.2) is 35.1 Å². The predicted octanol–water partition coefficient (Wildman–Crippen LogP) is 4.62. The molecule has 0 saturated carbocycles. The highest BCUT2D eigenvalue weighted by Gasteiger charge is 2.21. The lowest BCUT2D eigenvalue weighted by Gasteiger charge is -2.06. The standard InChI is InChI=1S/C18H21N3O2S/c1-12(2)14-10-13(23-20-14)11-21-8-7-19-18(21)17-6-5-16(24-17)15-4-3-9-22-15/h5-8,10,12,15H,3-4,9,11H2,1-2H3/t15-/m0/s1. The SMILES string of the molecule is CC(C)c1cc(Cn2ccnc2-c2ccc([C@@H]3CCCO3)s2)on1. The Morgan fingerprint density at radius 2 is 2.29 bits per heavy atom. The molecule has 0 unspecified atom stereocenters. The van der Waals surface area contributed by atoms with E-state index in [2.05, 4.69) is 40.7 Å². The van der Waals surface area contributed by atoms with Crippen molar-refractivity contribution in [1.29, 1.82) is 0 Å². The largest absolute Gasteiger partial charge is 0.373 e. The molecule has 0 N–H and O–H groups in total. The highest BCUT2D eigenvalue weighted by molar-refractivity contribution is 7.15. The van der Waals surface area contributed by atoms with E-state index in [1.54, 1.807) is 11.3 Å². The van der Waals surface area contributed by atoms with Crippen LogP contribution in [0.5, 0.6) is 0 Å². The Kier molecular flexibility index (Phi) is 4.24. The number of imidazole rings is 1. The molecular weight excluding hydrogens is 322 g/mol. The molecule has 0 radical (unpaired) electrons. The van der Waals surface area contributed by atoms with Gasteiger partial charge in [0.15, 0.2) is 5.76 Å². The molecule has 3 aromatic heterocycles. The number of thiophene rings is 1. The second kappa shape index (κ2) is 6.53. The number of nitrogens with zero attached hydrogens (tertiary/aromatic N) is 3. The topological polar surface area (TPSA) is 53.1 Å². The fourth-order valence-corrected chi connectivity index (χ4v) is 4.06. The van der Waals surface area contributed by atoms with Crippen molar-refractivity contribution in [2.45, 2.75) is 45.3 Å². The van der Waals surface area contributed by atoms with Gasteiger partial charge < -0.3 is 13.8 Å². The molecule has 0 amide bonds. The van der Waals surface area contributed by atoms with Crippen LogP contribution < -0.4 is 0 Å². The van der Waals surface area contributed by atoms with Crippen LogP contribution in [0.1, 0.15) is 55.0 Å². The van der Waals surface area contributed by atoms with Gasteiger partial charge in [-0.1, -0.05) is 19.0 Å². The number of hydrogen-bond acceptors (Lipinski definition) is 5. The molecule has 24 heavy (non-hydrogen) atoms. The lowest BCUT2D eigenvalue weighted by molar-refractivity contribution is 0.114. The summed E-state index contributed by atoms with van der Waals surface area (Å²) >= 11 is 1.77. The molecule has 0 aliphatic carbocycles. The molecule has 0 spiro atoms. The minimum Gasteiger partial charge on any atom is -0.373 e. The molecule has 5 nitrogen and oxygen atoms in total. The van der Waals surface area contributed by atoms with Gasteiger partial charge in [-0.15, -0.1) is 11.3 Å². The Morgan fingerprint density at radius 3 is 3.04 bits per heavy atom. The average Bonchev–Trinajstić information content (AvgIpc) is 3.35. The monoisotopic (exact) mass is 343 g/mol. The zero-order valence-electron chi connectivity index (χ0n) is 13.9. The summed E-state index contributed by atoms with van der Waals surface area (Å²) in [5.41, 5.74) is 0.989. The minimum atomic E-state index is 0.259. The minimum absolute atomic E-state index is 0.259. The van der Waals surface area contributed by atoms with Crippen LogP contribution in [0.25, 0.3) is 10.7 Å².